The summed E-state index contributed by atoms with van der Waals surface area (Å²) in [6.07, 6.45) is 2.17. The molecule has 1 unspecified atom stereocenters. The Morgan fingerprint density at radius 1 is 1.25 bits per heavy atom. The van der Waals surface area contributed by atoms with Gasteiger partial charge in [0.1, 0.15) is 0 Å². The summed E-state index contributed by atoms with van der Waals surface area (Å²) < 4.78 is 2.36. The number of benzene rings is 1. The van der Waals surface area contributed by atoms with Crippen LogP contribution in [0.3, 0.4) is 0 Å². The summed E-state index contributed by atoms with van der Waals surface area (Å²) in [5, 5.41) is 3.67. The van der Waals surface area contributed by atoms with Crippen molar-refractivity contribution < 1.29 is 0 Å². The van der Waals surface area contributed by atoms with Gasteiger partial charge in [-0.15, -0.1) is 11.3 Å². The molecule has 0 radical (unpaired) electrons. The average molecular weight is 417 g/mol. The molecule has 0 bridgehead atoms. The molecule has 1 heterocycles. The molecule has 4 heteroatoms. The number of hydrogen-bond donors (Lipinski definition) is 1. The van der Waals surface area contributed by atoms with Gasteiger partial charge in [-0.25, -0.2) is 0 Å². The molecular formula is C16H19Br2NS. The van der Waals surface area contributed by atoms with Gasteiger partial charge in [0.2, 0.25) is 0 Å². The zero-order valence-electron chi connectivity index (χ0n) is 11.7. The number of aryl methyl sites for hydroxylation is 1. The smallest absolute Gasteiger partial charge is 0.0456 e. The van der Waals surface area contributed by atoms with Crippen molar-refractivity contribution in [3.63, 3.8) is 0 Å². The van der Waals surface area contributed by atoms with Crippen molar-refractivity contribution in [3.05, 3.63) is 54.6 Å². The SMILES string of the molecule is CCCNC(Cc1cccc(Br)c1)c1cc(Br)c(C)s1. The first-order valence-corrected chi connectivity index (χ1v) is 9.24. The fraction of sp³-hybridized carbons (Fsp3) is 0.375. The molecule has 0 spiro atoms. The average Bonchev–Trinajstić information content (AvgIpc) is 2.74. The van der Waals surface area contributed by atoms with E-state index in [2.05, 4.69) is 81.4 Å². The molecule has 20 heavy (non-hydrogen) atoms. The van der Waals surface area contributed by atoms with E-state index >= 15 is 0 Å². The van der Waals surface area contributed by atoms with Crippen molar-refractivity contribution in [2.24, 2.45) is 0 Å². The number of thiophene rings is 1. The van der Waals surface area contributed by atoms with Crippen LogP contribution in [0.2, 0.25) is 0 Å². The molecule has 0 fully saturated rings. The normalized spacial score (nSPS) is 12.6. The summed E-state index contributed by atoms with van der Waals surface area (Å²) in [5.74, 6) is 0. The van der Waals surface area contributed by atoms with E-state index in [1.807, 2.05) is 11.3 Å². The zero-order chi connectivity index (χ0) is 14.5. The molecule has 108 valence electrons. The molecule has 0 aliphatic heterocycles. The third-order valence-corrected chi connectivity index (χ3v) is 5.93. The Bertz CT molecular complexity index is 546. The van der Waals surface area contributed by atoms with Crippen LogP contribution < -0.4 is 5.32 Å². The Labute approximate surface area is 142 Å². The van der Waals surface area contributed by atoms with Crippen LogP contribution >= 0.6 is 43.2 Å². The van der Waals surface area contributed by atoms with Crippen molar-refractivity contribution in [3.8, 4) is 0 Å². The molecule has 1 aromatic carbocycles. The Morgan fingerprint density at radius 3 is 2.65 bits per heavy atom. The quantitative estimate of drug-likeness (QED) is 0.621. The van der Waals surface area contributed by atoms with Crippen LogP contribution in [0.15, 0.2) is 39.3 Å². The van der Waals surface area contributed by atoms with E-state index in [9.17, 15) is 0 Å². The van der Waals surface area contributed by atoms with Crippen LogP contribution in [0.5, 0.6) is 0 Å². The van der Waals surface area contributed by atoms with E-state index in [1.54, 1.807) is 0 Å². The van der Waals surface area contributed by atoms with Crippen LogP contribution in [-0.4, -0.2) is 6.54 Å². The van der Waals surface area contributed by atoms with Gasteiger partial charge in [0.05, 0.1) is 0 Å². The molecule has 1 aromatic heterocycles. The standard InChI is InChI=1S/C16H19Br2NS/c1-3-7-19-15(16-10-14(18)11(2)20-16)9-12-5-4-6-13(17)8-12/h4-6,8,10,15,19H,3,7,9H2,1-2H3. The second kappa shape index (κ2) is 7.74. The van der Waals surface area contributed by atoms with Gasteiger partial charge >= 0.3 is 0 Å². The van der Waals surface area contributed by atoms with E-state index in [4.69, 9.17) is 0 Å². The Morgan fingerprint density at radius 2 is 2.05 bits per heavy atom. The predicted molar refractivity (Wildman–Crippen MR) is 95.6 cm³/mol. The topological polar surface area (TPSA) is 12.0 Å². The molecule has 2 rings (SSSR count). The van der Waals surface area contributed by atoms with Gasteiger partial charge in [-0.1, -0.05) is 35.0 Å². The molecule has 0 aliphatic rings. The van der Waals surface area contributed by atoms with Crippen molar-refractivity contribution in [1.29, 1.82) is 0 Å². The summed E-state index contributed by atoms with van der Waals surface area (Å²) in [4.78, 5) is 2.75. The summed E-state index contributed by atoms with van der Waals surface area (Å²) in [5.41, 5.74) is 1.36. The van der Waals surface area contributed by atoms with Gasteiger partial charge in [-0.3, -0.25) is 0 Å². The number of halogens is 2. The highest BCUT2D eigenvalue weighted by Gasteiger charge is 2.15. The Hall–Kier alpha value is -0.160. The summed E-state index contributed by atoms with van der Waals surface area (Å²) in [7, 11) is 0. The lowest BCUT2D eigenvalue weighted by atomic mass is 10.0. The maximum atomic E-state index is 3.67. The number of nitrogens with one attached hydrogen (secondary N) is 1. The van der Waals surface area contributed by atoms with Crippen LogP contribution in [-0.2, 0) is 6.42 Å². The maximum absolute atomic E-state index is 3.67. The molecule has 0 saturated heterocycles. The third kappa shape index (κ3) is 4.42. The van der Waals surface area contributed by atoms with Crippen LogP contribution in [0.25, 0.3) is 0 Å². The van der Waals surface area contributed by atoms with Gasteiger partial charge in [-0.05, 0) is 66.0 Å². The molecule has 0 aliphatic carbocycles. The van der Waals surface area contributed by atoms with Crippen molar-refractivity contribution in [2.75, 3.05) is 6.54 Å². The van der Waals surface area contributed by atoms with Crippen molar-refractivity contribution >= 4 is 43.2 Å². The fourth-order valence-electron chi connectivity index (χ4n) is 2.14. The lowest BCUT2D eigenvalue weighted by Crippen LogP contribution is -2.23. The third-order valence-electron chi connectivity index (χ3n) is 3.19. The molecule has 2 aromatic rings. The van der Waals surface area contributed by atoms with Gasteiger partial charge in [0, 0.05) is 24.7 Å². The molecule has 0 saturated carbocycles. The predicted octanol–water partition coefficient (Wildman–Crippen LogP) is 5.86. The second-order valence-electron chi connectivity index (χ2n) is 4.89. The molecule has 1 N–H and O–H groups in total. The van der Waals surface area contributed by atoms with Gasteiger partial charge in [-0.2, -0.15) is 0 Å². The van der Waals surface area contributed by atoms with Crippen molar-refractivity contribution in [2.45, 2.75) is 32.7 Å². The Balaban J connectivity index is 2.19. The first-order chi connectivity index (χ1) is 9.60. The first-order valence-electron chi connectivity index (χ1n) is 6.83. The minimum absolute atomic E-state index is 0.388. The van der Waals surface area contributed by atoms with Gasteiger partial charge in [0.25, 0.3) is 0 Å². The van der Waals surface area contributed by atoms with E-state index in [0.29, 0.717) is 6.04 Å². The first kappa shape index (κ1) is 16.2. The fourth-order valence-corrected chi connectivity index (χ4v) is 4.23. The largest absolute Gasteiger partial charge is 0.309 e. The van der Waals surface area contributed by atoms with E-state index in [0.717, 1.165) is 23.9 Å². The highest BCUT2D eigenvalue weighted by Crippen LogP contribution is 2.32. The number of hydrogen-bond acceptors (Lipinski definition) is 2. The van der Waals surface area contributed by atoms with Gasteiger partial charge < -0.3 is 5.32 Å². The van der Waals surface area contributed by atoms with Crippen LogP contribution in [0.1, 0.15) is 34.7 Å². The lowest BCUT2D eigenvalue weighted by Gasteiger charge is -2.17. The van der Waals surface area contributed by atoms with E-state index < -0.39 is 0 Å². The monoisotopic (exact) mass is 415 g/mol. The highest BCUT2D eigenvalue weighted by molar-refractivity contribution is 9.10. The Kier molecular flexibility index (Phi) is 6.27. The van der Waals surface area contributed by atoms with Crippen LogP contribution in [0, 0.1) is 6.92 Å². The van der Waals surface area contributed by atoms with Gasteiger partial charge in [0.15, 0.2) is 0 Å². The zero-order valence-corrected chi connectivity index (χ0v) is 15.7. The molecule has 0 amide bonds. The van der Waals surface area contributed by atoms with E-state index in [1.165, 1.54) is 19.8 Å². The summed E-state index contributed by atoms with van der Waals surface area (Å²) >= 11 is 9.05. The second-order valence-corrected chi connectivity index (χ2v) is 7.95. The summed E-state index contributed by atoms with van der Waals surface area (Å²) in [6, 6.07) is 11.2. The maximum Gasteiger partial charge on any atom is 0.0456 e. The minimum Gasteiger partial charge on any atom is -0.309 e. The van der Waals surface area contributed by atoms with Crippen LogP contribution in [0.4, 0.5) is 0 Å². The lowest BCUT2D eigenvalue weighted by molar-refractivity contribution is 0.536. The minimum atomic E-state index is 0.388. The summed E-state index contributed by atoms with van der Waals surface area (Å²) in [6.45, 7) is 5.42. The molecular weight excluding hydrogens is 398 g/mol. The van der Waals surface area contributed by atoms with E-state index in [-0.39, 0.29) is 0 Å². The highest BCUT2D eigenvalue weighted by atomic mass is 79.9. The molecule has 1 atom stereocenters. The molecule has 1 nitrogen and oxygen atoms in total. The number of rotatable bonds is 6. The van der Waals surface area contributed by atoms with Crippen molar-refractivity contribution in [1.82, 2.24) is 5.32 Å².